The summed E-state index contributed by atoms with van der Waals surface area (Å²) in [6.07, 6.45) is 0.612. The lowest BCUT2D eigenvalue weighted by Crippen LogP contribution is -2.48. The predicted molar refractivity (Wildman–Crippen MR) is 136 cm³/mol. The van der Waals surface area contributed by atoms with Crippen LogP contribution < -0.4 is 10.1 Å². The fraction of sp³-hybridized carbons (Fsp3) is 0.296. The molecule has 0 radical (unpaired) electrons. The minimum Gasteiger partial charge on any atom is -0.496 e. The summed E-state index contributed by atoms with van der Waals surface area (Å²) < 4.78 is 33.4. The first kappa shape index (κ1) is 24.9. The Balaban J connectivity index is 1.34. The summed E-state index contributed by atoms with van der Waals surface area (Å²) in [5.41, 5.74) is 2.54. The van der Waals surface area contributed by atoms with E-state index in [9.17, 15) is 13.2 Å². The van der Waals surface area contributed by atoms with Crippen molar-refractivity contribution in [1.82, 2.24) is 14.5 Å². The predicted octanol–water partition coefficient (Wildman–Crippen LogP) is 3.17. The lowest BCUT2D eigenvalue weighted by atomic mass is 10.1. The molecule has 0 saturated carbocycles. The van der Waals surface area contributed by atoms with E-state index in [0.29, 0.717) is 44.7 Å². The van der Waals surface area contributed by atoms with Crippen LogP contribution in [0.2, 0.25) is 0 Å². The average Bonchev–Trinajstić information content (AvgIpc) is 2.90. The number of sulfonamides is 1. The zero-order chi connectivity index (χ0) is 24.7. The zero-order valence-corrected chi connectivity index (χ0v) is 20.7. The van der Waals surface area contributed by atoms with Crippen molar-refractivity contribution in [2.45, 2.75) is 17.9 Å². The first-order chi connectivity index (χ1) is 17.0. The quantitative estimate of drug-likeness (QED) is 0.495. The number of benzene rings is 3. The fourth-order valence-electron chi connectivity index (χ4n) is 4.24. The number of amides is 1. The van der Waals surface area contributed by atoms with Gasteiger partial charge in [0.2, 0.25) is 10.0 Å². The second-order valence-corrected chi connectivity index (χ2v) is 10.4. The van der Waals surface area contributed by atoms with Crippen molar-refractivity contribution in [2.24, 2.45) is 0 Å². The third-order valence-electron chi connectivity index (χ3n) is 6.19. The molecular formula is C27H31N3O4S. The van der Waals surface area contributed by atoms with Crippen LogP contribution in [0.3, 0.4) is 0 Å². The number of nitrogens with zero attached hydrogens (tertiary/aromatic N) is 2. The van der Waals surface area contributed by atoms with Gasteiger partial charge in [0.05, 0.1) is 12.0 Å². The van der Waals surface area contributed by atoms with Gasteiger partial charge in [-0.2, -0.15) is 4.31 Å². The summed E-state index contributed by atoms with van der Waals surface area (Å²) in [5, 5.41) is 2.88. The highest BCUT2D eigenvalue weighted by atomic mass is 32.2. The van der Waals surface area contributed by atoms with Crippen LogP contribution in [0.5, 0.6) is 5.75 Å². The molecule has 1 saturated heterocycles. The molecule has 0 aliphatic carbocycles. The van der Waals surface area contributed by atoms with Gasteiger partial charge in [0.15, 0.2) is 0 Å². The molecule has 0 bridgehead atoms. The first-order valence-electron chi connectivity index (χ1n) is 11.7. The highest BCUT2D eigenvalue weighted by molar-refractivity contribution is 7.89. The Morgan fingerprint density at radius 2 is 1.63 bits per heavy atom. The van der Waals surface area contributed by atoms with E-state index in [2.05, 4.69) is 22.3 Å². The molecule has 1 aliphatic heterocycles. The summed E-state index contributed by atoms with van der Waals surface area (Å²) in [5.74, 6) is 0.475. The van der Waals surface area contributed by atoms with E-state index in [4.69, 9.17) is 4.74 Å². The van der Waals surface area contributed by atoms with Crippen molar-refractivity contribution in [2.75, 3.05) is 39.8 Å². The molecule has 3 aromatic rings. The molecule has 7 nitrogen and oxygen atoms in total. The highest BCUT2D eigenvalue weighted by Gasteiger charge is 2.29. The van der Waals surface area contributed by atoms with Crippen molar-refractivity contribution < 1.29 is 17.9 Å². The van der Waals surface area contributed by atoms with Crippen LogP contribution in [-0.4, -0.2) is 63.4 Å². The molecule has 35 heavy (non-hydrogen) atoms. The van der Waals surface area contributed by atoms with Gasteiger partial charge >= 0.3 is 0 Å². The minimum atomic E-state index is -3.68. The molecule has 184 valence electrons. The molecule has 0 spiro atoms. The van der Waals surface area contributed by atoms with E-state index in [0.717, 1.165) is 17.9 Å². The number of methoxy groups -OCH3 is 1. The van der Waals surface area contributed by atoms with E-state index in [-0.39, 0.29) is 10.8 Å². The topological polar surface area (TPSA) is 78.9 Å². The number of carbonyl (C=O) groups is 1. The maximum Gasteiger partial charge on any atom is 0.251 e. The SMILES string of the molecule is COc1ccccc1CCNC(=O)c1cccc(S(=O)(=O)N2CCN(Cc3ccccc3)CC2)c1. The van der Waals surface area contributed by atoms with Crippen molar-refractivity contribution >= 4 is 15.9 Å². The van der Waals surface area contributed by atoms with Gasteiger partial charge in [-0.05, 0) is 41.8 Å². The van der Waals surface area contributed by atoms with E-state index >= 15 is 0 Å². The van der Waals surface area contributed by atoms with Crippen LogP contribution in [0.4, 0.5) is 0 Å². The molecule has 8 heteroatoms. The Bertz CT molecular complexity index is 1240. The molecule has 3 aromatic carbocycles. The van der Waals surface area contributed by atoms with Crippen LogP contribution >= 0.6 is 0 Å². The van der Waals surface area contributed by atoms with Crippen LogP contribution in [0.25, 0.3) is 0 Å². The van der Waals surface area contributed by atoms with Gasteiger partial charge in [0.25, 0.3) is 5.91 Å². The summed E-state index contributed by atoms with van der Waals surface area (Å²) in [4.78, 5) is 15.1. The van der Waals surface area contributed by atoms with Crippen LogP contribution in [0, 0.1) is 0 Å². The number of rotatable bonds is 9. The number of nitrogens with one attached hydrogen (secondary N) is 1. The number of ether oxygens (including phenoxy) is 1. The molecule has 1 heterocycles. The van der Waals surface area contributed by atoms with Crippen LogP contribution in [-0.2, 0) is 23.0 Å². The number of hydrogen-bond acceptors (Lipinski definition) is 5. The molecule has 1 aliphatic rings. The van der Waals surface area contributed by atoms with Crippen LogP contribution in [0.1, 0.15) is 21.5 Å². The third-order valence-corrected chi connectivity index (χ3v) is 8.08. The number of para-hydroxylation sites is 1. The lowest BCUT2D eigenvalue weighted by molar-refractivity contribution is 0.0954. The maximum atomic E-state index is 13.3. The largest absolute Gasteiger partial charge is 0.496 e. The van der Waals surface area contributed by atoms with Gasteiger partial charge in [-0.25, -0.2) is 8.42 Å². The Morgan fingerprint density at radius 3 is 2.37 bits per heavy atom. The van der Waals surface area contributed by atoms with Crippen molar-refractivity contribution in [1.29, 1.82) is 0 Å². The molecule has 4 rings (SSSR count). The van der Waals surface area contributed by atoms with E-state index in [1.165, 1.54) is 15.9 Å². The fourth-order valence-corrected chi connectivity index (χ4v) is 5.71. The Hall–Kier alpha value is -3.20. The lowest BCUT2D eigenvalue weighted by Gasteiger charge is -2.34. The number of carbonyl (C=O) groups excluding carboxylic acids is 1. The molecule has 0 unspecified atom stereocenters. The number of piperazine rings is 1. The van der Waals surface area contributed by atoms with E-state index in [1.807, 2.05) is 42.5 Å². The Kier molecular flexibility index (Phi) is 8.17. The Morgan fingerprint density at radius 1 is 0.914 bits per heavy atom. The summed E-state index contributed by atoms with van der Waals surface area (Å²) in [6, 6.07) is 24.1. The van der Waals surface area contributed by atoms with Gasteiger partial charge in [-0.3, -0.25) is 9.69 Å². The molecule has 1 amide bonds. The average molecular weight is 494 g/mol. The normalized spacial score (nSPS) is 15.0. The van der Waals surface area contributed by atoms with Crippen molar-refractivity contribution in [3.05, 3.63) is 95.6 Å². The van der Waals surface area contributed by atoms with Gasteiger partial charge in [0.1, 0.15) is 5.75 Å². The van der Waals surface area contributed by atoms with Gasteiger partial charge in [-0.15, -0.1) is 0 Å². The third kappa shape index (κ3) is 6.28. The summed E-state index contributed by atoms with van der Waals surface area (Å²) in [7, 11) is -2.06. The summed E-state index contributed by atoms with van der Waals surface area (Å²) in [6.45, 7) is 3.39. The number of hydrogen-bond donors (Lipinski definition) is 1. The second-order valence-electron chi connectivity index (χ2n) is 8.51. The minimum absolute atomic E-state index is 0.145. The van der Waals surface area contributed by atoms with Gasteiger partial charge in [0, 0.05) is 44.8 Å². The Labute approximate surface area is 207 Å². The molecule has 1 N–H and O–H groups in total. The van der Waals surface area contributed by atoms with Crippen molar-refractivity contribution in [3.8, 4) is 5.75 Å². The standard InChI is InChI=1S/C27H31N3O4S/c1-34-26-13-6-5-10-23(26)14-15-28-27(31)24-11-7-12-25(20-24)35(32,33)30-18-16-29(17-19-30)21-22-8-3-2-4-9-22/h2-13,20H,14-19,21H2,1H3,(H,28,31). The highest BCUT2D eigenvalue weighted by Crippen LogP contribution is 2.20. The molecule has 0 atom stereocenters. The second kappa shape index (κ2) is 11.5. The summed E-state index contributed by atoms with van der Waals surface area (Å²) >= 11 is 0. The van der Waals surface area contributed by atoms with E-state index < -0.39 is 10.0 Å². The molecule has 0 aromatic heterocycles. The molecular weight excluding hydrogens is 462 g/mol. The van der Waals surface area contributed by atoms with Gasteiger partial charge < -0.3 is 10.1 Å². The maximum absolute atomic E-state index is 13.3. The molecule has 1 fully saturated rings. The van der Waals surface area contributed by atoms with Crippen molar-refractivity contribution in [3.63, 3.8) is 0 Å². The van der Waals surface area contributed by atoms with Crippen LogP contribution in [0.15, 0.2) is 83.8 Å². The monoisotopic (exact) mass is 493 g/mol. The first-order valence-corrected chi connectivity index (χ1v) is 13.2. The smallest absolute Gasteiger partial charge is 0.251 e. The van der Waals surface area contributed by atoms with E-state index in [1.54, 1.807) is 25.3 Å². The zero-order valence-electron chi connectivity index (χ0n) is 19.9. The van der Waals surface area contributed by atoms with Gasteiger partial charge in [-0.1, -0.05) is 54.6 Å².